The van der Waals surface area contributed by atoms with Crippen LogP contribution in [0.1, 0.15) is 27.2 Å². The lowest BCUT2D eigenvalue weighted by atomic mass is 10.1. The number of nitrogens with zero attached hydrogens (tertiary/aromatic N) is 1. The molecule has 0 radical (unpaired) electrons. The van der Waals surface area contributed by atoms with Crippen LogP contribution in [0.5, 0.6) is 5.75 Å². The van der Waals surface area contributed by atoms with E-state index in [1.54, 1.807) is 11.3 Å². The molecule has 5 nitrogen and oxygen atoms in total. The number of nitrogens with two attached hydrogens (primary N) is 1. The fourth-order valence-electron chi connectivity index (χ4n) is 1.76. The van der Waals surface area contributed by atoms with E-state index in [-0.39, 0.29) is 5.91 Å². The number of thiazole rings is 1. The second-order valence-electron chi connectivity index (χ2n) is 4.33. The van der Waals surface area contributed by atoms with E-state index in [2.05, 4.69) is 17.2 Å². The number of nitrogens with one attached hydrogen (secondary N) is 1. The molecule has 0 aliphatic heterocycles. The number of aromatic nitrogens is 1. The summed E-state index contributed by atoms with van der Waals surface area (Å²) in [6.07, 6.45) is 2.76. The molecule has 7 heteroatoms. The minimum absolute atomic E-state index is 0.276. The number of methoxy groups -OCH3 is 1. The predicted octanol–water partition coefficient (Wildman–Crippen LogP) is 2.88. The Morgan fingerprint density at radius 1 is 1.52 bits per heavy atom. The van der Waals surface area contributed by atoms with Crippen molar-refractivity contribution in [3.63, 3.8) is 0 Å². The van der Waals surface area contributed by atoms with Gasteiger partial charge in [0, 0.05) is 17.1 Å². The summed E-state index contributed by atoms with van der Waals surface area (Å²) in [6, 6.07) is 3.04. The Balaban J connectivity index is 2.11. The molecule has 2 aromatic rings. The number of nitrogen functional groups attached to an aromatic ring is 1. The first-order valence-electron chi connectivity index (χ1n) is 6.40. The van der Waals surface area contributed by atoms with Crippen molar-refractivity contribution in [3.8, 4) is 5.75 Å². The molecule has 2 rings (SSSR count). The van der Waals surface area contributed by atoms with Crippen LogP contribution in [0.2, 0.25) is 5.02 Å². The minimum atomic E-state index is -0.276. The minimum Gasteiger partial charge on any atom is -0.496 e. The molecule has 0 spiro atoms. The number of halogens is 1. The largest absolute Gasteiger partial charge is 0.496 e. The van der Waals surface area contributed by atoms with Crippen LogP contribution in [0.15, 0.2) is 18.3 Å². The third-order valence-electron chi connectivity index (χ3n) is 2.91. The van der Waals surface area contributed by atoms with Crippen LogP contribution in [0.3, 0.4) is 0 Å². The Morgan fingerprint density at radius 3 is 2.90 bits per heavy atom. The number of ether oxygens (including phenoxy) is 1. The molecule has 0 aliphatic carbocycles. The van der Waals surface area contributed by atoms with E-state index < -0.39 is 0 Å². The number of anilines is 1. The Bertz CT molecular complexity index is 658. The van der Waals surface area contributed by atoms with Crippen LogP contribution in [-0.2, 0) is 13.0 Å². The monoisotopic (exact) mass is 325 g/mol. The van der Waals surface area contributed by atoms with Gasteiger partial charge in [-0.2, -0.15) is 0 Å². The van der Waals surface area contributed by atoms with E-state index >= 15 is 0 Å². The van der Waals surface area contributed by atoms with Gasteiger partial charge in [-0.25, -0.2) is 4.98 Å². The number of amides is 1. The summed E-state index contributed by atoms with van der Waals surface area (Å²) in [4.78, 5) is 17.7. The fraction of sp³-hybridized carbons (Fsp3) is 0.286. The van der Waals surface area contributed by atoms with Crippen molar-refractivity contribution in [1.82, 2.24) is 10.3 Å². The Hall–Kier alpha value is -1.79. The second kappa shape index (κ2) is 6.78. The lowest BCUT2D eigenvalue weighted by Gasteiger charge is -2.10. The molecular weight excluding hydrogens is 310 g/mol. The summed E-state index contributed by atoms with van der Waals surface area (Å²) >= 11 is 7.54. The van der Waals surface area contributed by atoms with Crippen LogP contribution in [-0.4, -0.2) is 18.0 Å². The van der Waals surface area contributed by atoms with Crippen LogP contribution in [0.25, 0.3) is 0 Å². The van der Waals surface area contributed by atoms with Gasteiger partial charge in [-0.15, -0.1) is 11.3 Å². The molecule has 1 amide bonds. The number of benzene rings is 1. The zero-order chi connectivity index (χ0) is 15.4. The highest BCUT2D eigenvalue weighted by molar-refractivity contribution is 7.11. The third kappa shape index (κ3) is 3.65. The van der Waals surface area contributed by atoms with Crippen molar-refractivity contribution in [2.75, 3.05) is 12.8 Å². The number of aryl methyl sites for hydroxylation is 1. The molecule has 1 aromatic heterocycles. The molecule has 0 unspecified atom stereocenters. The molecule has 0 fully saturated rings. The molecule has 0 atom stereocenters. The van der Waals surface area contributed by atoms with Crippen molar-refractivity contribution in [3.05, 3.63) is 38.8 Å². The molecule has 0 bridgehead atoms. The number of hydrogen-bond acceptors (Lipinski definition) is 5. The highest BCUT2D eigenvalue weighted by atomic mass is 35.5. The van der Waals surface area contributed by atoms with Gasteiger partial charge in [0.1, 0.15) is 10.8 Å². The number of carbonyl (C=O) groups is 1. The average Bonchev–Trinajstić information content (AvgIpc) is 2.95. The van der Waals surface area contributed by atoms with Gasteiger partial charge in [0.05, 0.1) is 29.9 Å². The van der Waals surface area contributed by atoms with Gasteiger partial charge < -0.3 is 15.8 Å². The molecule has 0 aliphatic rings. The number of rotatable bonds is 5. The summed E-state index contributed by atoms with van der Waals surface area (Å²) in [5.41, 5.74) is 6.42. The Kier molecular flexibility index (Phi) is 5.03. The van der Waals surface area contributed by atoms with Gasteiger partial charge in [-0.1, -0.05) is 18.5 Å². The molecule has 0 saturated carbocycles. The van der Waals surface area contributed by atoms with Crippen molar-refractivity contribution >= 4 is 34.5 Å². The SMILES string of the molecule is CCc1cnc(CNC(=O)c2cc(Cl)c(N)cc2OC)s1. The molecule has 0 saturated heterocycles. The van der Waals surface area contributed by atoms with Crippen molar-refractivity contribution in [2.24, 2.45) is 0 Å². The van der Waals surface area contributed by atoms with E-state index in [0.29, 0.717) is 28.6 Å². The van der Waals surface area contributed by atoms with Gasteiger partial charge in [0.2, 0.25) is 0 Å². The topological polar surface area (TPSA) is 77.2 Å². The van der Waals surface area contributed by atoms with Crippen LogP contribution < -0.4 is 15.8 Å². The molecule has 21 heavy (non-hydrogen) atoms. The van der Waals surface area contributed by atoms with E-state index in [9.17, 15) is 4.79 Å². The fourth-order valence-corrected chi connectivity index (χ4v) is 2.73. The van der Waals surface area contributed by atoms with Crippen LogP contribution in [0.4, 0.5) is 5.69 Å². The normalized spacial score (nSPS) is 10.4. The van der Waals surface area contributed by atoms with Gasteiger partial charge in [-0.05, 0) is 12.5 Å². The molecule has 3 N–H and O–H groups in total. The highest BCUT2D eigenvalue weighted by Gasteiger charge is 2.15. The standard InChI is InChI=1S/C14H16ClN3O2S/c1-3-8-6-17-13(21-8)7-18-14(19)9-4-10(15)11(16)5-12(9)20-2/h4-6H,3,7,16H2,1-2H3,(H,18,19). The second-order valence-corrected chi connectivity index (χ2v) is 5.94. The smallest absolute Gasteiger partial charge is 0.255 e. The Labute approximate surface area is 132 Å². The summed E-state index contributed by atoms with van der Waals surface area (Å²) in [7, 11) is 1.48. The van der Waals surface area contributed by atoms with Gasteiger partial charge in [0.25, 0.3) is 5.91 Å². The van der Waals surface area contributed by atoms with Gasteiger partial charge >= 0.3 is 0 Å². The number of hydrogen-bond donors (Lipinski definition) is 2. The zero-order valence-corrected chi connectivity index (χ0v) is 13.3. The summed E-state index contributed by atoms with van der Waals surface area (Å²) in [6.45, 7) is 2.44. The van der Waals surface area contributed by atoms with Gasteiger partial charge in [-0.3, -0.25) is 4.79 Å². The van der Waals surface area contributed by atoms with Crippen LogP contribution >= 0.6 is 22.9 Å². The molecule has 1 aromatic carbocycles. The van der Waals surface area contributed by atoms with E-state index in [1.807, 2.05) is 6.20 Å². The quantitative estimate of drug-likeness (QED) is 0.829. The van der Waals surface area contributed by atoms with Crippen molar-refractivity contribution in [2.45, 2.75) is 19.9 Å². The molecule has 1 heterocycles. The van der Waals surface area contributed by atoms with E-state index in [4.69, 9.17) is 22.1 Å². The maximum atomic E-state index is 12.2. The summed E-state index contributed by atoms with van der Waals surface area (Å²) < 4.78 is 5.16. The first-order chi connectivity index (χ1) is 10.0. The third-order valence-corrected chi connectivity index (χ3v) is 4.38. The highest BCUT2D eigenvalue weighted by Crippen LogP contribution is 2.28. The first-order valence-corrected chi connectivity index (χ1v) is 7.59. The maximum absolute atomic E-state index is 12.2. The van der Waals surface area contributed by atoms with E-state index in [1.165, 1.54) is 24.1 Å². The maximum Gasteiger partial charge on any atom is 0.255 e. The zero-order valence-electron chi connectivity index (χ0n) is 11.8. The first kappa shape index (κ1) is 15.6. The lowest BCUT2D eigenvalue weighted by molar-refractivity contribution is 0.0948. The molecule has 112 valence electrons. The summed E-state index contributed by atoms with van der Waals surface area (Å²) in [5, 5.41) is 3.99. The number of carbonyl (C=O) groups excluding carboxylic acids is 1. The Morgan fingerprint density at radius 2 is 2.29 bits per heavy atom. The van der Waals surface area contributed by atoms with Gasteiger partial charge in [0.15, 0.2) is 0 Å². The molecular formula is C14H16ClN3O2S. The predicted molar refractivity (Wildman–Crippen MR) is 85.1 cm³/mol. The van der Waals surface area contributed by atoms with E-state index in [0.717, 1.165) is 11.4 Å². The van der Waals surface area contributed by atoms with Crippen LogP contribution in [0, 0.1) is 0 Å². The summed E-state index contributed by atoms with van der Waals surface area (Å²) in [5.74, 6) is 0.116. The van der Waals surface area contributed by atoms with Crippen molar-refractivity contribution < 1.29 is 9.53 Å². The van der Waals surface area contributed by atoms with Crippen molar-refractivity contribution in [1.29, 1.82) is 0 Å². The average molecular weight is 326 g/mol. The lowest BCUT2D eigenvalue weighted by Crippen LogP contribution is -2.23.